The zero-order valence-corrected chi connectivity index (χ0v) is 11.8. The molecule has 1 atom stereocenters. The van der Waals surface area contributed by atoms with E-state index >= 15 is 0 Å². The summed E-state index contributed by atoms with van der Waals surface area (Å²) in [6.07, 6.45) is 0.266. The van der Waals surface area contributed by atoms with Crippen LogP contribution in [-0.4, -0.2) is 11.3 Å². The summed E-state index contributed by atoms with van der Waals surface area (Å²) in [4.78, 5) is 0. The Morgan fingerprint density at radius 1 is 1.00 bits per heavy atom. The molecule has 0 fully saturated rings. The van der Waals surface area contributed by atoms with Crippen LogP contribution in [0.5, 0.6) is 5.75 Å². The van der Waals surface area contributed by atoms with Crippen molar-refractivity contribution in [3.63, 3.8) is 0 Å². The molecule has 0 saturated heterocycles. The van der Waals surface area contributed by atoms with Gasteiger partial charge in [-0.1, -0.05) is 49.4 Å². The zero-order valence-electron chi connectivity index (χ0n) is 11.8. The quantitative estimate of drug-likeness (QED) is 0.760. The van der Waals surface area contributed by atoms with Crippen molar-refractivity contribution in [3.8, 4) is 5.75 Å². The molecule has 2 N–H and O–H groups in total. The summed E-state index contributed by atoms with van der Waals surface area (Å²) in [5.74, 6) is 0.855. The van der Waals surface area contributed by atoms with Crippen molar-refractivity contribution in [2.24, 2.45) is 0 Å². The molecule has 0 aliphatic heterocycles. The highest BCUT2D eigenvalue weighted by Gasteiger charge is 2.00. The summed E-state index contributed by atoms with van der Waals surface area (Å²) in [5.41, 5.74) is 2.29. The maximum Gasteiger partial charge on any atom is 0.119 e. The lowest BCUT2D eigenvalue weighted by Crippen LogP contribution is -2.27. The number of rotatable bonds is 7. The SMILES string of the molecule is CCC(O)NCc1ccc(OCc2ccccc2)cc1. The topological polar surface area (TPSA) is 41.5 Å². The van der Waals surface area contributed by atoms with Crippen molar-refractivity contribution < 1.29 is 9.84 Å². The summed E-state index contributed by atoms with van der Waals surface area (Å²) in [7, 11) is 0. The second kappa shape index (κ2) is 7.68. The normalized spacial score (nSPS) is 12.1. The van der Waals surface area contributed by atoms with Gasteiger partial charge in [0.05, 0.1) is 0 Å². The highest BCUT2D eigenvalue weighted by Crippen LogP contribution is 2.14. The van der Waals surface area contributed by atoms with Crippen LogP contribution in [0.1, 0.15) is 24.5 Å². The molecule has 3 heteroatoms. The molecule has 0 aliphatic carbocycles. The lowest BCUT2D eigenvalue weighted by atomic mass is 10.2. The molecule has 1 unspecified atom stereocenters. The van der Waals surface area contributed by atoms with Crippen LogP contribution in [0.3, 0.4) is 0 Å². The predicted octanol–water partition coefficient (Wildman–Crippen LogP) is 3.08. The van der Waals surface area contributed by atoms with Crippen LogP contribution in [0, 0.1) is 0 Å². The third-order valence-corrected chi connectivity index (χ3v) is 3.10. The largest absolute Gasteiger partial charge is 0.489 e. The molecule has 106 valence electrons. The fraction of sp³-hybridized carbons (Fsp3) is 0.294. The summed E-state index contributed by atoms with van der Waals surface area (Å²) < 4.78 is 5.72. The average molecular weight is 271 g/mol. The molecule has 2 aromatic carbocycles. The second-order valence-electron chi connectivity index (χ2n) is 4.72. The van der Waals surface area contributed by atoms with E-state index in [-0.39, 0.29) is 0 Å². The van der Waals surface area contributed by atoms with Gasteiger partial charge in [0, 0.05) is 6.54 Å². The monoisotopic (exact) mass is 271 g/mol. The van der Waals surface area contributed by atoms with E-state index in [4.69, 9.17) is 4.74 Å². The number of nitrogens with one attached hydrogen (secondary N) is 1. The second-order valence-corrected chi connectivity index (χ2v) is 4.72. The molecule has 2 rings (SSSR count). The van der Waals surface area contributed by atoms with Crippen LogP contribution in [0.15, 0.2) is 54.6 Å². The van der Waals surface area contributed by atoms with Crippen molar-refractivity contribution >= 4 is 0 Å². The maximum atomic E-state index is 9.45. The number of aliphatic hydroxyl groups excluding tert-OH is 1. The van der Waals surface area contributed by atoms with Gasteiger partial charge in [-0.25, -0.2) is 0 Å². The molecule has 3 nitrogen and oxygen atoms in total. The molecule has 0 aliphatic rings. The molecule has 0 saturated carbocycles. The Morgan fingerprint density at radius 3 is 2.35 bits per heavy atom. The highest BCUT2D eigenvalue weighted by molar-refractivity contribution is 5.27. The van der Waals surface area contributed by atoms with E-state index in [0.717, 1.165) is 16.9 Å². The fourth-order valence-corrected chi connectivity index (χ4v) is 1.82. The molecule has 0 spiro atoms. The Kier molecular flexibility index (Phi) is 5.59. The standard InChI is InChI=1S/C17H21NO2/c1-2-17(19)18-12-14-8-10-16(11-9-14)20-13-15-6-4-3-5-7-15/h3-11,17-19H,2,12-13H2,1H3. The van der Waals surface area contributed by atoms with Crippen LogP contribution in [0.25, 0.3) is 0 Å². The van der Waals surface area contributed by atoms with E-state index in [0.29, 0.717) is 19.6 Å². The first kappa shape index (κ1) is 14.6. The van der Waals surface area contributed by atoms with Gasteiger partial charge in [0.2, 0.25) is 0 Å². The van der Waals surface area contributed by atoms with Crippen molar-refractivity contribution in [1.29, 1.82) is 0 Å². The zero-order chi connectivity index (χ0) is 14.2. The van der Waals surface area contributed by atoms with E-state index < -0.39 is 6.23 Å². The van der Waals surface area contributed by atoms with Gasteiger partial charge in [-0.05, 0) is 29.7 Å². The molecule has 0 amide bonds. The molecule has 20 heavy (non-hydrogen) atoms. The number of hydrogen-bond donors (Lipinski definition) is 2. The third kappa shape index (κ3) is 4.68. The van der Waals surface area contributed by atoms with Crippen LogP contribution in [-0.2, 0) is 13.2 Å². The van der Waals surface area contributed by atoms with E-state index in [1.54, 1.807) is 0 Å². The summed E-state index contributed by atoms with van der Waals surface area (Å²) in [5, 5.41) is 12.5. The van der Waals surface area contributed by atoms with Crippen molar-refractivity contribution in [2.75, 3.05) is 0 Å². The van der Waals surface area contributed by atoms with E-state index in [2.05, 4.69) is 5.32 Å². The minimum Gasteiger partial charge on any atom is -0.489 e. The van der Waals surface area contributed by atoms with Gasteiger partial charge in [0.15, 0.2) is 0 Å². The average Bonchev–Trinajstić information content (AvgIpc) is 2.52. The van der Waals surface area contributed by atoms with Crippen molar-refractivity contribution in [1.82, 2.24) is 5.32 Å². The van der Waals surface area contributed by atoms with E-state index in [1.165, 1.54) is 0 Å². The van der Waals surface area contributed by atoms with Crippen LogP contribution >= 0.6 is 0 Å². The Bertz CT molecular complexity index is 496. The minimum absolute atomic E-state index is 0.441. The smallest absolute Gasteiger partial charge is 0.119 e. The number of benzene rings is 2. The molecule has 0 heterocycles. The molecular formula is C17H21NO2. The lowest BCUT2D eigenvalue weighted by Gasteiger charge is -2.11. The molecule has 0 radical (unpaired) electrons. The first-order valence-electron chi connectivity index (χ1n) is 6.95. The van der Waals surface area contributed by atoms with Gasteiger partial charge in [-0.3, -0.25) is 5.32 Å². The Balaban J connectivity index is 1.82. The molecule has 0 aromatic heterocycles. The molecular weight excluding hydrogens is 250 g/mol. The van der Waals surface area contributed by atoms with Gasteiger partial charge in [-0.2, -0.15) is 0 Å². The number of hydrogen-bond acceptors (Lipinski definition) is 3. The van der Waals surface area contributed by atoms with E-state index in [9.17, 15) is 5.11 Å². The minimum atomic E-state index is -0.441. The molecule has 2 aromatic rings. The number of ether oxygens (including phenoxy) is 1. The lowest BCUT2D eigenvalue weighted by molar-refractivity contribution is 0.131. The van der Waals surface area contributed by atoms with Crippen molar-refractivity contribution in [3.05, 3.63) is 65.7 Å². The maximum absolute atomic E-state index is 9.45. The Hall–Kier alpha value is -1.84. The van der Waals surface area contributed by atoms with Crippen LogP contribution in [0.2, 0.25) is 0 Å². The fourth-order valence-electron chi connectivity index (χ4n) is 1.82. The van der Waals surface area contributed by atoms with Gasteiger partial charge >= 0.3 is 0 Å². The summed E-state index contributed by atoms with van der Waals surface area (Å²) >= 11 is 0. The Morgan fingerprint density at radius 2 is 1.70 bits per heavy atom. The summed E-state index contributed by atoms with van der Waals surface area (Å²) in [6.45, 7) is 3.18. The number of aliphatic hydroxyl groups is 1. The first-order chi connectivity index (χ1) is 9.78. The van der Waals surface area contributed by atoms with Crippen LogP contribution in [0.4, 0.5) is 0 Å². The van der Waals surface area contributed by atoms with Gasteiger partial charge in [-0.15, -0.1) is 0 Å². The summed E-state index contributed by atoms with van der Waals surface area (Å²) in [6, 6.07) is 18.0. The Labute approximate surface area is 120 Å². The van der Waals surface area contributed by atoms with Crippen LogP contribution < -0.4 is 10.1 Å². The first-order valence-corrected chi connectivity index (χ1v) is 6.95. The highest BCUT2D eigenvalue weighted by atomic mass is 16.5. The third-order valence-electron chi connectivity index (χ3n) is 3.10. The van der Waals surface area contributed by atoms with Crippen molar-refractivity contribution in [2.45, 2.75) is 32.7 Å². The van der Waals surface area contributed by atoms with Gasteiger partial charge < -0.3 is 9.84 Å². The predicted molar refractivity (Wildman–Crippen MR) is 80.4 cm³/mol. The van der Waals surface area contributed by atoms with E-state index in [1.807, 2.05) is 61.5 Å². The van der Waals surface area contributed by atoms with Gasteiger partial charge in [0.25, 0.3) is 0 Å². The molecule has 0 bridgehead atoms. The van der Waals surface area contributed by atoms with Gasteiger partial charge in [0.1, 0.15) is 18.6 Å².